The van der Waals surface area contributed by atoms with Crippen molar-refractivity contribution >= 4 is 23.2 Å². The van der Waals surface area contributed by atoms with Gasteiger partial charge in [-0.2, -0.15) is 18.3 Å². The van der Waals surface area contributed by atoms with Gasteiger partial charge in [0.2, 0.25) is 11.5 Å². The molecule has 13 nitrogen and oxygen atoms in total. The Balaban J connectivity index is 1.30. The van der Waals surface area contributed by atoms with Gasteiger partial charge in [0, 0.05) is 46.6 Å². The van der Waals surface area contributed by atoms with Crippen LogP contribution in [0.1, 0.15) is 43.6 Å². The third kappa shape index (κ3) is 6.66. The fraction of sp³-hybridized carbons (Fsp3) is 0.212. The lowest BCUT2D eigenvalue weighted by molar-refractivity contribution is -0.141. The molecule has 0 radical (unpaired) electrons. The molecule has 0 saturated carbocycles. The third-order valence-electron chi connectivity index (χ3n) is 8.47. The van der Waals surface area contributed by atoms with Gasteiger partial charge < -0.3 is 10.3 Å². The molecule has 18 heteroatoms. The Labute approximate surface area is 289 Å². The maximum atomic E-state index is 14.7. The van der Waals surface area contributed by atoms with Gasteiger partial charge in [0.1, 0.15) is 11.4 Å². The molecule has 260 valence electrons. The van der Waals surface area contributed by atoms with Crippen LogP contribution in [-0.4, -0.2) is 50.2 Å². The van der Waals surface area contributed by atoms with E-state index in [-0.39, 0.29) is 44.9 Å². The van der Waals surface area contributed by atoms with E-state index >= 15 is 0 Å². The highest BCUT2D eigenvalue weighted by Gasteiger charge is 2.35. The van der Waals surface area contributed by atoms with Crippen molar-refractivity contribution in [3.63, 3.8) is 0 Å². The smallest absolute Gasteiger partial charge is 0.326 e. The monoisotopic (exact) mass is 720 g/mol. The summed E-state index contributed by atoms with van der Waals surface area (Å²) in [6.45, 7) is 1.76. The van der Waals surface area contributed by atoms with Crippen LogP contribution in [0.4, 0.5) is 23.2 Å². The summed E-state index contributed by atoms with van der Waals surface area (Å²) >= 11 is 6.25. The zero-order valence-corrected chi connectivity index (χ0v) is 27.2. The zero-order valence-electron chi connectivity index (χ0n) is 26.4. The number of aromatic nitrogens is 9. The van der Waals surface area contributed by atoms with Crippen molar-refractivity contribution in [3.8, 4) is 33.9 Å². The van der Waals surface area contributed by atoms with Gasteiger partial charge in [0.25, 0.3) is 5.56 Å². The molecule has 0 fully saturated rings. The predicted molar refractivity (Wildman–Crippen MR) is 176 cm³/mol. The number of nitrogens with zero attached hydrogens (tertiary/aromatic N) is 8. The molecule has 0 unspecified atom stereocenters. The molecule has 5 aromatic heterocycles. The molecule has 1 aliphatic rings. The van der Waals surface area contributed by atoms with Gasteiger partial charge >= 0.3 is 6.18 Å². The highest BCUT2D eigenvalue weighted by molar-refractivity contribution is 6.31. The molecular weight excluding hydrogens is 696 g/mol. The maximum absolute atomic E-state index is 14.7. The van der Waals surface area contributed by atoms with Gasteiger partial charge in [-0.15, -0.1) is 5.10 Å². The van der Waals surface area contributed by atoms with E-state index in [0.29, 0.717) is 30.5 Å². The molecule has 0 saturated heterocycles. The minimum atomic E-state index is -4.72. The Morgan fingerprint density at radius 2 is 1.78 bits per heavy atom. The Morgan fingerprint density at radius 1 is 0.961 bits per heavy atom. The molecule has 2 atom stereocenters. The molecule has 2 N–H and O–H groups in total. The number of rotatable bonds is 4. The van der Waals surface area contributed by atoms with Gasteiger partial charge in [-0.25, -0.2) is 18.7 Å². The fourth-order valence-electron chi connectivity index (χ4n) is 5.85. The van der Waals surface area contributed by atoms with E-state index in [0.717, 1.165) is 27.8 Å². The maximum Gasteiger partial charge on any atom is 0.436 e. The lowest BCUT2D eigenvalue weighted by Gasteiger charge is -2.22. The SMILES string of the molecule is C[C@@H]1CCC[C@H](n2cnc(-c3cc(Cl)ccc3-n3cc(C(F)(F)F)nn3)cc2=O)c2cc(ccn2)-c2nn(-c3cc(=O)[nH]cc3F)cc2NC1=O. The molecule has 7 rings (SSSR count). The largest absolute Gasteiger partial charge is 0.436 e. The Hall–Kier alpha value is -5.97. The second-order valence-electron chi connectivity index (χ2n) is 11.9. The normalized spacial score (nSPS) is 16.5. The van der Waals surface area contributed by atoms with Crippen LogP contribution < -0.4 is 16.4 Å². The van der Waals surface area contributed by atoms with Gasteiger partial charge in [0.05, 0.1) is 47.5 Å². The van der Waals surface area contributed by atoms with E-state index in [1.165, 1.54) is 47.6 Å². The molecule has 1 aliphatic heterocycles. The molecule has 1 aromatic carbocycles. The number of aromatic amines is 1. The highest BCUT2D eigenvalue weighted by atomic mass is 35.5. The Bertz CT molecular complexity index is 2420. The van der Waals surface area contributed by atoms with Gasteiger partial charge in [0.15, 0.2) is 11.5 Å². The number of carbonyl (C=O) groups is 1. The molecule has 0 aliphatic carbocycles. The molecule has 6 aromatic rings. The van der Waals surface area contributed by atoms with Crippen LogP contribution in [-0.2, 0) is 11.0 Å². The first-order valence-corrected chi connectivity index (χ1v) is 15.9. The first-order chi connectivity index (χ1) is 24.4. The van der Waals surface area contributed by atoms with Crippen LogP contribution in [0.2, 0.25) is 5.02 Å². The van der Waals surface area contributed by atoms with Crippen molar-refractivity contribution in [2.75, 3.05) is 5.32 Å². The number of anilines is 1. The van der Waals surface area contributed by atoms with E-state index in [1.807, 2.05) is 0 Å². The van der Waals surface area contributed by atoms with E-state index in [2.05, 4.69) is 35.7 Å². The topological polar surface area (TPSA) is 158 Å². The number of H-pyrrole nitrogens is 1. The van der Waals surface area contributed by atoms with Crippen molar-refractivity contribution in [3.05, 3.63) is 117 Å². The summed E-state index contributed by atoms with van der Waals surface area (Å²) in [5.41, 5.74) is -0.336. The van der Waals surface area contributed by atoms with Crippen molar-refractivity contribution < 1.29 is 22.4 Å². The minimum Gasteiger partial charge on any atom is -0.326 e. The summed E-state index contributed by atoms with van der Waals surface area (Å²) in [7, 11) is 0. The molecular formula is C33H25ClF4N10O3. The first-order valence-electron chi connectivity index (χ1n) is 15.5. The second kappa shape index (κ2) is 13.1. The van der Waals surface area contributed by atoms with Crippen molar-refractivity contribution in [2.45, 2.75) is 38.4 Å². The number of pyridine rings is 2. The van der Waals surface area contributed by atoms with Crippen LogP contribution in [0.3, 0.4) is 0 Å². The number of hydrogen-bond acceptors (Lipinski definition) is 8. The van der Waals surface area contributed by atoms with E-state index in [4.69, 9.17) is 11.6 Å². The van der Waals surface area contributed by atoms with Crippen LogP contribution >= 0.6 is 11.6 Å². The van der Waals surface area contributed by atoms with Crippen molar-refractivity contribution in [1.29, 1.82) is 0 Å². The van der Waals surface area contributed by atoms with Crippen molar-refractivity contribution in [1.82, 2.24) is 44.3 Å². The van der Waals surface area contributed by atoms with Crippen LogP contribution in [0.15, 0.2) is 83.2 Å². The number of alkyl halides is 3. The lowest BCUT2D eigenvalue weighted by Crippen LogP contribution is -2.27. The Kier molecular flexibility index (Phi) is 8.58. The standard InChI is InChI=1S/C33H25ClF4N10O3/c1-17-3-2-4-26(23-9-18(7-8-39-23)31-24(42-32(17)51)14-47(44-31)27-12-29(49)40-13-21(27)35)46-16-41-22(11-30(46)50)20-10-19(34)5-6-25(20)48-15-28(43-45-48)33(36,37)38/h5-17,26H,2-4H2,1H3,(H,40,49)(H,42,51)/t17-,26+/m1/s1. The predicted octanol–water partition coefficient (Wildman–Crippen LogP) is 5.59. The van der Waals surface area contributed by atoms with Crippen molar-refractivity contribution in [2.24, 2.45) is 5.92 Å². The average molecular weight is 721 g/mol. The van der Waals surface area contributed by atoms with Crippen LogP contribution in [0, 0.1) is 11.7 Å². The summed E-state index contributed by atoms with van der Waals surface area (Å²) in [5, 5.41) is 14.5. The number of nitrogens with one attached hydrogen (secondary N) is 2. The molecule has 6 heterocycles. The highest BCUT2D eigenvalue weighted by Crippen LogP contribution is 2.34. The quantitative estimate of drug-likeness (QED) is 0.223. The summed E-state index contributed by atoms with van der Waals surface area (Å²) in [6.07, 6.45) is 2.52. The van der Waals surface area contributed by atoms with E-state index in [9.17, 15) is 31.9 Å². The summed E-state index contributed by atoms with van der Waals surface area (Å²) in [6, 6.07) is 9.33. The number of amides is 1. The summed E-state index contributed by atoms with van der Waals surface area (Å²) in [4.78, 5) is 50.4. The van der Waals surface area contributed by atoms with Gasteiger partial charge in [-0.05, 0) is 43.2 Å². The number of benzene rings is 1. The molecule has 1 amide bonds. The molecule has 2 bridgehead atoms. The lowest BCUT2D eigenvalue weighted by atomic mass is 9.97. The van der Waals surface area contributed by atoms with Crippen LogP contribution in [0.5, 0.6) is 0 Å². The van der Waals surface area contributed by atoms with E-state index in [1.54, 1.807) is 19.1 Å². The second-order valence-corrected chi connectivity index (χ2v) is 12.3. The summed E-state index contributed by atoms with van der Waals surface area (Å²) < 4.78 is 58.0. The van der Waals surface area contributed by atoms with E-state index < -0.39 is 40.8 Å². The molecule has 51 heavy (non-hydrogen) atoms. The van der Waals surface area contributed by atoms with Gasteiger partial charge in [-0.3, -0.25) is 23.9 Å². The number of halogens is 5. The fourth-order valence-corrected chi connectivity index (χ4v) is 6.02. The van der Waals surface area contributed by atoms with Crippen LogP contribution in [0.25, 0.3) is 33.9 Å². The first kappa shape index (κ1) is 33.5. The number of carbonyl (C=O) groups excluding carboxylic acids is 1. The molecule has 0 spiro atoms. The summed E-state index contributed by atoms with van der Waals surface area (Å²) in [5.74, 6) is -1.50. The Morgan fingerprint density at radius 3 is 2.55 bits per heavy atom. The number of hydrogen-bond donors (Lipinski definition) is 2. The van der Waals surface area contributed by atoms with Gasteiger partial charge in [-0.1, -0.05) is 30.2 Å². The minimum absolute atomic E-state index is 0.125. The zero-order chi connectivity index (χ0) is 36.0. The number of fused-ring (bicyclic) bond motifs is 4. The third-order valence-corrected chi connectivity index (χ3v) is 8.70. The average Bonchev–Trinajstić information content (AvgIpc) is 3.76.